The maximum Gasteiger partial charge on any atom is 0.326 e. The summed E-state index contributed by atoms with van der Waals surface area (Å²) in [5, 5.41) is 34.7. The molecule has 13 nitrogen and oxygen atoms in total. The highest BCUT2D eigenvalue weighted by Crippen LogP contribution is 2.10. The topological polar surface area (TPSA) is 225 Å². The zero-order chi connectivity index (χ0) is 28.8. The Balaban J connectivity index is 3.05. The van der Waals surface area contributed by atoms with Crippen molar-refractivity contribution >= 4 is 35.6 Å². The van der Waals surface area contributed by atoms with Gasteiger partial charge in [-0.15, -0.1) is 0 Å². The molecular formula is C25H36N4O9. The average molecular weight is 537 g/mol. The van der Waals surface area contributed by atoms with Crippen LogP contribution in [0.25, 0.3) is 0 Å². The molecule has 13 heteroatoms. The van der Waals surface area contributed by atoms with Crippen molar-refractivity contribution in [1.82, 2.24) is 16.0 Å². The molecule has 0 radical (unpaired) electrons. The van der Waals surface area contributed by atoms with E-state index in [4.69, 9.17) is 15.9 Å². The maximum absolute atomic E-state index is 13.0. The summed E-state index contributed by atoms with van der Waals surface area (Å²) in [6, 6.07) is 3.65. The Hall–Kier alpha value is -4.00. The number of rotatable bonds is 17. The van der Waals surface area contributed by atoms with Gasteiger partial charge in [0.2, 0.25) is 17.7 Å². The number of nitrogens with two attached hydrogens (primary N) is 1. The summed E-state index contributed by atoms with van der Waals surface area (Å²) in [6.07, 6.45) is -1.14. The van der Waals surface area contributed by atoms with Gasteiger partial charge in [-0.05, 0) is 30.7 Å². The molecule has 0 spiro atoms. The van der Waals surface area contributed by atoms with Gasteiger partial charge in [0.05, 0.1) is 6.04 Å². The summed E-state index contributed by atoms with van der Waals surface area (Å²) in [5.74, 6) is -6.83. The lowest BCUT2D eigenvalue weighted by Gasteiger charge is -2.26. The number of amides is 3. The van der Waals surface area contributed by atoms with Gasteiger partial charge in [0, 0.05) is 12.8 Å². The molecule has 0 heterocycles. The fourth-order valence-corrected chi connectivity index (χ4v) is 3.52. The van der Waals surface area contributed by atoms with Gasteiger partial charge in [-0.25, -0.2) is 4.79 Å². The van der Waals surface area contributed by atoms with E-state index in [1.165, 1.54) is 0 Å². The summed E-state index contributed by atoms with van der Waals surface area (Å²) in [4.78, 5) is 72.4. The van der Waals surface area contributed by atoms with Crippen LogP contribution in [0, 0.1) is 5.92 Å². The third-order valence-electron chi connectivity index (χ3n) is 5.97. The minimum Gasteiger partial charge on any atom is -0.481 e. The predicted octanol–water partition coefficient (Wildman–Crippen LogP) is -0.129. The van der Waals surface area contributed by atoms with Gasteiger partial charge in [-0.1, -0.05) is 50.6 Å². The van der Waals surface area contributed by atoms with Gasteiger partial charge in [0.1, 0.15) is 18.1 Å². The Morgan fingerprint density at radius 2 is 1.26 bits per heavy atom. The molecule has 3 amide bonds. The van der Waals surface area contributed by atoms with Crippen LogP contribution in [-0.4, -0.2) is 75.1 Å². The number of carbonyl (C=O) groups is 6. The Kier molecular flexibility index (Phi) is 13.5. The molecule has 5 atom stereocenters. The molecule has 8 N–H and O–H groups in total. The van der Waals surface area contributed by atoms with Crippen LogP contribution in [0.15, 0.2) is 30.3 Å². The number of nitrogens with one attached hydrogen (secondary N) is 3. The lowest BCUT2D eigenvalue weighted by Crippen LogP contribution is -2.58. The molecule has 1 aromatic rings. The monoisotopic (exact) mass is 536 g/mol. The van der Waals surface area contributed by atoms with E-state index in [0.717, 1.165) is 5.56 Å². The number of benzene rings is 1. The summed E-state index contributed by atoms with van der Waals surface area (Å²) in [5.41, 5.74) is 6.73. The van der Waals surface area contributed by atoms with Gasteiger partial charge >= 0.3 is 17.9 Å². The van der Waals surface area contributed by atoms with E-state index in [-0.39, 0.29) is 19.3 Å². The quantitative estimate of drug-likeness (QED) is 0.140. The summed E-state index contributed by atoms with van der Waals surface area (Å²) < 4.78 is 0. The van der Waals surface area contributed by atoms with Crippen LogP contribution in [0.2, 0.25) is 0 Å². The van der Waals surface area contributed by atoms with Crippen LogP contribution in [-0.2, 0) is 35.2 Å². The molecule has 0 bridgehead atoms. The van der Waals surface area contributed by atoms with Crippen LogP contribution in [0.4, 0.5) is 0 Å². The number of hydrogen-bond acceptors (Lipinski definition) is 7. The SMILES string of the molecule is CC[C@H](C)[C@H](NC(=O)[C@H](CCC(=O)O)NC(=O)[C@H](CCC(=O)O)NC(=O)[C@@H](N)Cc1ccccc1)C(=O)O. The van der Waals surface area contributed by atoms with Crippen molar-refractivity contribution in [2.45, 2.75) is 76.5 Å². The number of carboxylic acids is 3. The van der Waals surface area contributed by atoms with Crippen LogP contribution in [0.5, 0.6) is 0 Å². The molecule has 210 valence electrons. The van der Waals surface area contributed by atoms with Crippen molar-refractivity contribution in [2.75, 3.05) is 0 Å². The number of hydrogen-bond donors (Lipinski definition) is 7. The highest BCUT2D eigenvalue weighted by atomic mass is 16.4. The van der Waals surface area contributed by atoms with Crippen molar-refractivity contribution in [2.24, 2.45) is 11.7 Å². The second kappa shape index (κ2) is 16.0. The van der Waals surface area contributed by atoms with E-state index in [9.17, 15) is 33.9 Å². The Morgan fingerprint density at radius 3 is 1.71 bits per heavy atom. The zero-order valence-corrected chi connectivity index (χ0v) is 21.4. The first-order chi connectivity index (χ1) is 17.8. The van der Waals surface area contributed by atoms with E-state index >= 15 is 0 Å². The van der Waals surface area contributed by atoms with Gasteiger partial charge in [-0.3, -0.25) is 24.0 Å². The second-order valence-corrected chi connectivity index (χ2v) is 8.99. The van der Waals surface area contributed by atoms with E-state index in [1.54, 1.807) is 44.2 Å². The van der Waals surface area contributed by atoms with Gasteiger partial charge in [0.25, 0.3) is 0 Å². The van der Waals surface area contributed by atoms with E-state index in [1.807, 2.05) is 0 Å². The number of carbonyl (C=O) groups excluding carboxylic acids is 3. The first kappa shape index (κ1) is 32.0. The molecule has 0 fully saturated rings. The highest BCUT2D eigenvalue weighted by molar-refractivity contribution is 5.94. The number of carboxylic acid groups (broad SMARTS) is 3. The minimum atomic E-state index is -1.45. The zero-order valence-electron chi connectivity index (χ0n) is 21.4. The third kappa shape index (κ3) is 11.4. The summed E-state index contributed by atoms with van der Waals surface area (Å²) >= 11 is 0. The summed E-state index contributed by atoms with van der Waals surface area (Å²) in [6.45, 7) is 3.34. The van der Waals surface area contributed by atoms with Crippen molar-refractivity contribution in [3.8, 4) is 0 Å². The molecular weight excluding hydrogens is 500 g/mol. The van der Waals surface area contributed by atoms with Crippen molar-refractivity contribution < 1.29 is 44.1 Å². The lowest BCUT2D eigenvalue weighted by atomic mass is 9.98. The van der Waals surface area contributed by atoms with E-state index in [0.29, 0.717) is 6.42 Å². The van der Waals surface area contributed by atoms with Crippen molar-refractivity contribution in [3.63, 3.8) is 0 Å². The lowest BCUT2D eigenvalue weighted by molar-refractivity contribution is -0.144. The van der Waals surface area contributed by atoms with E-state index < -0.39 is 78.6 Å². The Labute approximate surface area is 220 Å². The molecule has 0 aromatic heterocycles. The van der Waals surface area contributed by atoms with E-state index in [2.05, 4.69) is 16.0 Å². The average Bonchev–Trinajstić information content (AvgIpc) is 2.86. The first-order valence-electron chi connectivity index (χ1n) is 12.2. The Bertz CT molecular complexity index is 986. The summed E-state index contributed by atoms with van der Waals surface area (Å²) in [7, 11) is 0. The van der Waals surface area contributed by atoms with Crippen LogP contribution >= 0.6 is 0 Å². The van der Waals surface area contributed by atoms with Crippen molar-refractivity contribution in [3.05, 3.63) is 35.9 Å². The fourth-order valence-electron chi connectivity index (χ4n) is 3.52. The molecule has 0 aliphatic heterocycles. The molecule has 0 aliphatic carbocycles. The molecule has 1 aromatic carbocycles. The molecule has 1 rings (SSSR count). The fraction of sp³-hybridized carbons (Fsp3) is 0.520. The predicted molar refractivity (Wildman–Crippen MR) is 135 cm³/mol. The molecule has 0 saturated heterocycles. The molecule has 0 saturated carbocycles. The molecule has 38 heavy (non-hydrogen) atoms. The third-order valence-corrected chi connectivity index (χ3v) is 5.97. The Morgan fingerprint density at radius 1 is 0.789 bits per heavy atom. The van der Waals surface area contributed by atoms with Crippen LogP contribution in [0.1, 0.15) is 51.5 Å². The van der Waals surface area contributed by atoms with Gasteiger partial charge in [-0.2, -0.15) is 0 Å². The first-order valence-corrected chi connectivity index (χ1v) is 12.2. The standard InChI is InChI=1S/C25H36N4O9/c1-3-14(2)21(25(37)38)29-24(36)18(10-12-20(32)33)28-23(35)17(9-11-19(30)31)27-22(34)16(26)13-15-7-5-4-6-8-15/h4-8,14,16-18,21H,3,9-13,26H2,1-2H3,(H,27,34)(H,28,35)(H,29,36)(H,30,31)(H,32,33)(H,37,38)/t14-,16-,17-,18-,21-/m0/s1. The highest BCUT2D eigenvalue weighted by Gasteiger charge is 2.32. The minimum absolute atomic E-state index is 0.149. The van der Waals surface area contributed by atoms with Gasteiger partial charge < -0.3 is 37.0 Å². The molecule has 0 aliphatic rings. The maximum atomic E-state index is 13.0. The second-order valence-electron chi connectivity index (χ2n) is 8.99. The largest absolute Gasteiger partial charge is 0.481 e. The number of aliphatic carboxylic acids is 3. The normalized spacial score (nSPS) is 14.7. The van der Waals surface area contributed by atoms with Crippen molar-refractivity contribution in [1.29, 1.82) is 0 Å². The van der Waals surface area contributed by atoms with Gasteiger partial charge in [0.15, 0.2) is 0 Å². The molecule has 0 unspecified atom stereocenters. The van der Waals surface area contributed by atoms with Crippen LogP contribution < -0.4 is 21.7 Å². The van der Waals surface area contributed by atoms with Crippen LogP contribution in [0.3, 0.4) is 0 Å². The smallest absolute Gasteiger partial charge is 0.326 e.